The molecular weight excluding hydrogens is 246 g/mol. The number of aliphatic hydroxyl groups excluding tert-OH is 1. The summed E-state index contributed by atoms with van der Waals surface area (Å²) in [5, 5.41) is 13.0. The van der Waals surface area contributed by atoms with E-state index < -0.39 is 6.10 Å². The van der Waals surface area contributed by atoms with Gasteiger partial charge in [-0.1, -0.05) is 19.1 Å². The first-order valence-electron chi connectivity index (χ1n) is 6.30. The summed E-state index contributed by atoms with van der Waals surface area (Å²) in [6.45, 7) is 5.62. The molecule has 3 nitrogen and oxygen atoms in total. The molecule has 2 N–H and O–H groups in total. The zero-order valence-corrected chi connectivity index (χ0v) is 12.2. The summed E-state index contributed by atoms with van der Waals surface area (Å²) in [5.74, 6) is 0.660. The number of hydrogen-bond donors (Lipinski definition) is 2. The Morgan fingerprint density at radius 1 is 1.44 bits per heavy atom. The molecule has 0 aliphatic rings. The molecule has 0 fully saturated rings. The van der Waals surface area contributed by atoms with Gasteiger partial charge in [0.25, 0.3) is 0 Å². The molecule has 1 aromatic rings. The molecule has 1 rings (SSSR count). The van der Waals surface area contributed by atoms with Crippen LogP contribution >= 0.6 is 11.8 Å². The second-order valence-electron chi connectivity index (χ2n) is 4.27. The van der Waals surface area contributed by atoms with E-state index in [-0.39, 0.29) is 0 Å². The molecule has 0 aliphatic carbocycles. The van der Waals surface area contributed by atoms with Gasteiger partial charge in [-0.3, -0.25) is 0 Å². The monoisotopic (exact) mass is 269 g/mol. The smallest absolute Gasteiger partial charge is 0.0867 e. The lowest BCUT2D eigenvalue weighted by Gasteiger charge is -2.14. The van der Waals surface area contributed by atoms with Crippen LogP contribution in [-0.2, 0) is 4.74 Å². The number of methoxy groups -OCH3 is 1. The summed E-state index contributed by atoms with van der Waals surface area (Å²) in [6.07, 6.45) is -0.408. The van der Waals surface area contributed by atoms with Gasteiger partial charge in [0.15, 0.2) is 0 Å². The Balaban J connectivity index is 2.54. The van der Waals surface area contributed by atoms with Gasteiger partial charge in [0.2, 0.25) is 0 Å². The number of nitrogens with one attached hydrogen (secondary N) is 1. The molecule has 2 unspecified atom stereocenters. The molecular formula is C14H23NO2S. The van der Waals surface area contributed by atoms with Crippen molar-refractivity contribution < 1.29 is 9.84 Å². The lowest BCUT2D eigenvalue weighted by Crippen LogP contribution is -2.18. The summed E-state index contributed by atoms with van der Waals surface area (Å²) in [7, 11) is 1.60. The van der Waals surface area contributed by atoms with Gasteiger partial charge in [-0.25, -0.2) is 0 Å². The van der Waals surface area contributed by atoms with Gasteiger partial charge in [-0.2, -0.15) is 0 Å². The number of rotatable bonds is 8. The largest absolute Gasteiger partial charge is 0.390 e. The normalized spacial score (nSPS) is 14.4. The predicted molar refractivity (Wildman–Crippen MR) is 77.1 cm³/mol. The van der Waals surface area contributed by atoms with Gasteiger partial charge in [0.1, 0.15) is 0 Å². The molecule has 18 heavy (non-hydrogen) atoms. The van der Waals surface area contributed by atoms with Crippen molar-refractivity contribution in [2.45, 2.75) is 30.9 Å². The maximum atomic E-state index is 9.62. The molecule has 102 valence electrons. The second kappa shape index (κ2) is 8.53. The summed E-state index contributed by atoms with van der Waals surface area (Å²) in [4.78, 5) is 1.19. The molecule has 0 saturated heterocycles. The fourth-order valence-corrected chi connectivity index (χ4v) is 2.61. The maximum Gasteiger partial charge on any atom is 0.0867 e. The average molecular weight is 269 g/mol. The Morgan fingerprint density at radius 3 is 2.89 bits per heavy atom. The Hall–Kier alpha value is -0.550. The van der Waals surface area contributed by atoms with E-state index in [0.29, 0.717) is 18.4 Å². The first-order valence-corrected chi connectivity index (χ1v) is 7.29. The highest BCUT2D eigenvalue weighted by Gasteiger charge is 2.07. The first kappa shape index (κ1) is 15.5. The van der Waals surface area contributed by atoms with Crippen LogP contribution in [0.1, 0.15) is 25.5 Å². The van der Waals surface area contributed by atoms with Crippen LogP contribution in [0.4, 0.5) is 0 Å². The van der Waals surface area contributed by atoms with Crippen molar-refractivity contribution >= 4 is 11.8 Å². The van der Waals surface area contributed by atoms with Crippen LogP contribution in [0.3, 0.4) is 0 Å². The minimum atomic E-state index is -0.408. The van der Waals surface area contributed by atoms with Crippen molar-refractivity contribution in [2.24, 2.45) is 0 Å². The predicted octanol–water partition coefficient (Wildman–Crippen LogP) is 2.46. The minimum Gasteiger partial charge on any atom is -0.390 e. The highest BCUT2D eigenvalue weighted by atomic mass is 32.2. The number of hydrogen-bond acceptors (Lipinski definition) is 4. The highest BCUT2D eigenvalue weighted by Crippen LogP contribution is 2.23. The van der Waals surface area contributed by atoms with E-state index in [2.05, 4.69) is 43.4 Å². The Kier molecular flexibility index (Phi) is 7.35. The third-order valence-electron chi connectivity index (χ3n) is 2.67. The van der Waals surface area contributed by atoms with Crippen molar-refractivity contribution in [1.29, 1.82) is 0 Å². The fourth-order valence-electron chi connectivity index (χ4n) is 1.73. The van der Waals surface area contributed by atoms with Crippen LogP contribution in [0.25, 0.3) is 0 Å². The van der Waals surface area contributed by atoms with Crippen LogP contribution < -0.4 is 5.32 Å². The number of thioether (sulfide) groups is 1. The lowest BCUT2D eigenvalue weighted by molar-refractivity contribution is 0.0794. The lowest BCUT2D eigenvalue weighted by atomic mass is 10.1. The Bertz CT molecular complexity index is 346. The molecule has 0 spiro atoms. The molecule has 4 heteroatoms. The molecule has 0 saturated carbocycles. The molecule has 0 aromatic heterocycles. The van der Waals surface area contributed by atoms with E-state index in [1.807, 2.05) is 0 Å². The number of ether oxygens (including phenoxy) is 1. The van der Waals surface area contributed by atoms with E-state index in [1.165, 1.54) is 10.5 Å². The third-order valence-corrected chi connectivity index (χ3v) is 3.81. The fraction of sp³-hybridized carbons (Fsp3) is 0.571. The van der Waals surface area contributed by atoms with Crippen molar-refractivity contribution in [2.75, 3.05) is 26.0 Å². The number of benzene rings is 1. The number of aliphatic hydroxyl groups is 1. The topological polar surface area (TPSA) is 41.5 Å². The molecule has 0 bridgehead atoms. The highest BCUT2D eigenvalue weighted by molar-refractivity contribution is 7.99. The van der Waals surface area contributed by atoms with Crippen molar-refractivity contribution in [1.82, 2.24) is 5.32 Å². The van der Waals surface area contributed by atoms with Crippen LogP contribution in [0, 0.1) is 0 Å². The van der Waals surface area contributed by atoms with Gasteiger partial charge >= 0.3 is 0 Å². The minimum absolute atomic E-state index is 0.361. The molecule has 0 aliphatic heterocycles. The van der Waals surface area contributed by atoms with Gasteiger partial charge in [-0.15, -0.1) is 11.8 Å². The quantitative estimate of drug-likeness (QED) is 0.711. The van der Waals surface area contributed by atoms with Crippen molar-refractivity contribution in [3.63, 3.8) is 0 Å². The van der Waals surface area contributed by atoms with Crippen molar-refractivity contribution in [3.05, 3.63) is 29.8 Å². The first-order chi connectivity index (χ1) is 8.67. The Morgan fingerprint density at radius 2 is 2.22 bits per heavy atom. The SMILES string of the molecule is CCNC(C)c1cccc(SCC(O)COC)c1. The summed E-state index contributed by atoms with van der Waals surface area (Å²) >= 11 is 1.66. The van der Waals surface area contributed by atoms with E-state index in [9.17, 15) is 5.11 Å². The van der Waals surface area contributed by atoms with Crippen molar-refractivity contribution in [3.8, 4) is 0 Å². The molecule has 1 aromatic carbocycles. The van der Waals surface area contributed by atoms with E-state index in [1.54, 1.807) is 18.9 Å². The van der Waals surface area contributed by atoms with Crippen LogP contribution in [0.15, 0.2) is 29.2 Å². The van der Waals surface area contributed by atoms with Crippen LogP contribution in [0.2, 0.25) is 0 Å². The van der Waals surface area contributed by atoms with Crippen LogP contribution in [-0.4, -0.2) is 37.2 Å². The van der Waals surface area contributed by atoms with Gasteiger partial charge in [-0.05, 0) is 31.2 Å². The zero-order chi connectivity index (χ0) is 13.4. The maximum absolute atomic E-state index is 9.62. The molecule has 0 amide bonds. The zero-order valence-electron chi connectivity index (χ0n) is 11.3. The van der Waals surface area contributed by atoms with E-state index >= 15 is 0 Å². The third kappa shape index (κ3) is 5.40. The van der Waals surface area contributed by atoms with Gasteiger partial charge < -0.3 is 15.2 Å². The second-order valence-corrected chi connectivity index (χ2v) is 5.37. The Labute approximate surface area is 114 Å². The van der Waals surface area contributed by atoms with E-state index in [0.717, 1.165) is 6.54 Å². The standard InChI is InChI=1S/C14H23NO2S/c1-4-15-11(2)12-6-5-7-14(8-12)18-10-13(16)9-17-3/h5-8,11,13,15-16H,4,9-10H2,1-3H3. The summed E-state index contributed by atoms with van der Waals surface area (Å²) in [5.41, 5.74) is 1.28. The molecule has 2 atom stereocenters. The summed E-state index contributed by atoms with van der Waals surface area (Å²) in [6, 6.07) is 8.81. The van der Waals surface area contributed by atoms with E-state index in [4.69, 9.17) is 4.74 Å². The summed E-state index contributed by atoms with van der Waals surface area (Å²) < 4.78 is 4.91. The van der Waals surface area contributed by atoms with Gasteiger partial charge in [0, 0.05) is 23.8 Å². The van der Waals surface area contributed by atoms with Crippen LogP contribution in [0.5, 0.6) is 0 Å². The molecule has 0 heterocycles. The average Bonchev–Trinajstić information content (AvgIpc) is 2.37. The van der Waals surface area contributed by atoms with Gasteiger partial charge in [0.05, 0.1) is 12.7 Å². The molecule has 0 radical (unpaired) electrons.